The van der Waals surface area contributed by atoms with Crippen LogP contribution in [0.5, 0.6) is 0 Å². The highest BCUT2D eigenvalue weighted by Crippen LogP contribution is 2.38. The molecule has 1 aliphatic rings. The van der Waals surface area contributed by atoms with E-state index in [4.69, 9.17) is 5.11 Å². The lowest BCUT2D eigenvalue weighted by atomic mass is 10.00. The Hall–Kier alpha value is -0.0400. The molecule has 0 aromatic heterocycles. The Morgan fingerprint density at radius 2 is 2.22 bits per heavy atom. The topological polar surface area (TPSA) is 20.2 Å². The van der Waals surface area contributed by atoms with Crippen LogP contribution in [0, 0.1) is 11.8 Å². The maximum absolute atomic E-state index is 8.87. The van der Waals surface area contributed by atoms with Crippen molar-refractivity contribution in [1.29, 1.82) is 0 Å². The Kier molecular flexibility index (Phi) is 2.52. The van der Waals surface area contributed by atoms with Gasteiger partial charge >= 0.3 is 0 Å². The molecule has 1 aliphatic carbocycles. The van der Waals surface area contributed by atoms with E-state index in [0.29, 0.717) is 12.5 Å². The lowest BCUT2D eigenvalue weighted by Gasteiger charge is -2.09. The van der Waals surface area contributed by atoms with Crippen LogP contribution in [0.25, 0.3) is 0 Å². The molecule has 1 saturated carbocycles. The number of aliphatic hydroxyl groups excluding tert-OH is 1. The highest BCUT2D eigenvalue weighted by molar-refractivity contribution is 4.80. The van der Waals surface area contributed by atoms with Gasteiger partial charge < -0.3 is 5.11 Å². The van der Waals surface area contributed by atoms with Crippen LogP contribution in [-0.2, 0) is 0 Å². The predicted octanol–water partition coefficient (Wildman–Crippen LogP) is 1.80. The van der Waals surface area contributed by atoms with Gasteiger partial charge in [-0.05, 0) is 31.1 Å². The second kappa shape index (κ2) is 3.21. The summed E-state index contributed by atoms with van der Waals surface area (Å²) in [5, 5.41) is 8.87. The van der Waals surface area contributed by atoms with E-state index >= 15 is 0 Å². The van der Waals surface area contributed by atoms with Crippen molar-refractivity contribution in [2.45, 2.75) is 32.6 Å². The van der Waals surface area contributed by atoms with Gasteiger partial charge in [-0.1, -0.05) is 13.3 Å². The molecule has 0 amide bonds. The minimum absolute atomic E-state index is 0.415. The lowest BCUT2D eigenvalue weighted by Crippen LogP contribution is -2.07. The molecule has 0 saturated heterocycles. The standard InChI is InChI=1S/C8H16O/c1-2-3-8(6-9)7-4-5-7/h7-9H,2-6H2,1H3. The molecular weight excluding hydrogens is 112 g/mol. The van der Waals surface area contributed by atoms with Crippen molar-refractivity contribution in [3.8, 4) is 0 Å². The van der Waals surface area contributed by atoms with Crippen LogP contribution in [0.4, 0.5) is 0 Å². The van der Waals surface area contributed by atoms with Crippen LogP contribution in [0.3, 0.4) is 0 Å². The molecule has 0 heterocycles. The van der Waals surface area contributed by atoms with Gasteiger partial charge in [-0.25, -0.2) is 0 Å². The maximum Gasteiger partial charge on any atom is 0.0461 e. The third-order valence-corrected chi connectivity index (χ3v) is 2.18. The van der Waals surface area contributed by atoms with Crippen molar-refractivity contribution >= 4 is 0 Å². The zero-order chi connectivity index (χ0) is 6.69. The average molecular weight is 128 g/mol. The van der Waals surface area contributed by atoms with Gasteiger partial charge in [0, 0.05) is 6.61 Å². The van der Waals surface area contributed by atoms with Gasteiger partial charge in [0.15, 0.2) is 0 Å². The molecule has 1 heteroatoms. The van der Waals surface area contributed by atoms with Crippen molar-refractivity contribution in [3.05, 3.63) is 0 Å². The van der Waals surface area contributed by atoms with Crippen LogP contribution in [0.2, 0.25) is 0 Å². The molecule has 0 bridgehead atoms. The van der Waals surface area contributed by atoms with Crippen LogP contribution in [0.15, 0.2) is 0 Å². The first-order valence-corrected chi connectivity index (χ1v) is 3.99. The molecule has 1 rings (SSSR count). The SMILES string of the molecule is CCCC(CO)C1CC1. The molecule has 1 N–H and O–H groups in total. The summed E-state index contributed by atoms with van der Waals surface area (Å²) >= 11 is 0. The Labute approximate surface area is 57.1 Å². The minimum Gasteiger partial charge on any atom is -0.396 e. The van der Waals surface area contributed by atoms with Crippen molar-refractivity contribution in [3.63, 3.8) is 0 Å². The summed E-state index contributed by atoms with van der Waals surface area (Å²) in [5.41, 5.74) is 0. The third kappa shape index (κ3) is 1.98. The van der Waals surface area contributed by atoms with E-state index in [1.807, 2.05) is 0 Å². The number of hydrogen-bond donors (Lipinski definition) is 1. The first-order valence-electron chi connectivity index (χ1n) is 3.99. The molecule has 1 fully saturated rings. The third-order valence-electron chi connectivity index (χ3n) is 2.18. The van der Waals surface area contributed by atoms with Crippen LogP contribution in [-0.4, -0.2) is 11.7 Å². The van der Waals surface area contributed by atoms with E-state index in [1.54, 1.807) is 0 Å². The molecule has 1 unspecified atom stereocenters. The van der Waals surface area contributed by atoms with Gasteiger partial charge in [0.05, 0.1) is 0 Å². The fourth-order valence-corrected chi connectivity index (χ4v) is 1.41. The molecule has 9 heavy (non-hydrogen) atoms. The van der Waals surface area contributed by atoms with Gasteiger partial charge in [-0.15, -0.1) is 0 Å². The van der Waals surface area contributed by atoms with Crippen LogP contribution in [0.1, 0.15) is 32.6 Å². The monoisotopic (exact) mass is 128 g/mol. The highest BCUT2D eigenvalue weighted by Gasteiger charge is 2.29. The minimum atomic E-state index is 0.415. The van der Waals surface area contributed by atoms with Crippen molar-refractivity contribution in [2.75, 3.05) is 6.61 Å². The van der Waals surface area contributed by atoms with Crippen molar-refractivity contribution in [2.24, 2.45) is 11.8 Å². The molecule has 0 spiro atoms. The van der Waals surface area contributed by atoms with E-state index < -0.39 is 0 Å². The summed E-state index contributed by atoms with van der Waals surface area (Å²) in [6, 6.07) is 0. The first kappa shape index (κ1) is 7.07. The van der Waals surface area contributed by atoms with Crippen molar-refractivity contribution in [1.82, 2.24) is 0 Å². The number of hydrogen-bond acceptors (Lipinski definition) is 1. The van der Waals surface area contributed by atoms with E-state index in [2.05, 4.69) is 6.92 Å². The van der Waals surface area contributed by atoms with E-state index in [-0.39, 0.29) is 0 Å². The highest BCUT2D eigenvalue weighted by atomic mass is 16.3. The first-order chi connectivity index (χ1) is 4.38. The predicted molar refractivity (Wildman–Crippen MR) is 38.2 cm³/mol. The quantitative estimate of drug-likeness (QED) is 0.612. The molecule has 54 valence electrons. The zero-order valence-corrected chi connectivity index (χ0v) is 6.14. The molecule has 0 aromatic carbocycles. The Bertz CT molecular complexity index is 76.6. The van der Waals surface area contributed by atoms with Crippen LogP contribution < -0.4 is 0 Å². The average Bonchev–Trinajstić information content (AvgIpc) is 2.64. The summed E-state index contributed by atoms with van der Waals surface area (Å²) in [5.74, 6) is 1.52. The Morgan fingerprint density at radius 3 is 2.56 bits per heavy atom. The van der Waals surface area contributed by atoms with E-state index in [1.165, 1.54) is 25.7 Å². The molecule has 1 nitrogen and oxygen atoms in total. The van der Waals surface area contributed by atoms with Gasteiger partial charge in [0.25, 0.3) is 0 Å². The molecule has 1 atom stereocenters. The summed E-state index contributed by atoms with van der Waals surface area (Å²) in [4.78, 5) is 0. The van der Waals surface area contributed by atoms with Gasteiger partial charge in [-0.2, -0.15) is 0 Å². The number of rotatable bonds is 4. The molecule has 0 aromatic rings. The molecule has 0 aliphatic heterocycles. The van der Waals surface area contributed by atoms with Gasteiger partial charge in [-0.3, -0.25) is 0 Å². The second-order valence-electron chi connectivity index (χ2n) is 3.07. The lowest BCUT2D eigenvalue weighted by molar-refractivity contribution is 0.201. The van der Waals surface area contributed by atoms with Gasteiger partial charge in [0.1, 0.15) is 0 Å². The van der Waals surface area contributed by atoms with E-state index in [0.717, 1.165) is 5.92 Å². The summed E-state index contributed by atoms with van der Waals surface area (Å²) < 4.78 is 0. The summed E-state index contributed by atoms with van der Waals surface area (Å²) in [7, 11) is 0. The smallest absolute Gasteiger partial charge is 0.0461 e. The summed E-state index contributed by atoms with van der Waals surface area (Å²) in [6.07, 6.45) is 5.18. The fraction of sp³-hybridized carbons (Fsp3) is 1.00. The van der Waals surface area contributed by atoms with E-state index in [9.17, 15) is 0 Å². The normalized spacial score (nSPS) is 22.0. The van der Waals surface area contributed by atoms with Gasteiger partial charge in [0.2, 0.25) is 0 Å². The summed E-state index contributed by atoms with van der Waals surface area (Å²) in [6.45, 7) is 2.60. The fourth-order valence-electron chi connectivity index (χ4n) is 1.41. The Balaban J connectivity index is 2.12. The van der Waals surface area contributed by atoms with Crippen molar-refractivity contribution < 1.29 is 5.11 Å². The second-order valence-corrected chi connectivity index (χ2v) is 3.07. The zero-order valence-electron chi connectivity index (χ0n) is 6.14. The Morgan fingerprint density at radius 1 is 1.56 bits per heavy atom. The largest absolute Gasteiger partial charge is 0.396 e. The van der Waals surface area contributed by atoms with Crippen LogP contribution >= 0.6 is 0 Å². The molecule has 0 radical (unpaired) electrons. The maximum atomic E-state index is 8.87. The number of aliphatic hydroxyl groups is 1. The molecular formula is C8H16O.